The van der Waals surface area contributed by atoms with Gasteiger partial charge in [-0.15, -0.1) is 11.8 Å². The maximum Gasteiger partial charge on any atom is 0.212 e. The minimum absolute atomic E-state index is 0.233. The predicted molar refractivity (Wildman–Crippen MR) is 64.4 cm³/mol. The van der Waals surface area contributed by atoms with Crippen LogP contribution in [0.3, 0.4) is 0 Å². The van der Waals surface area contributed by atoms with Crippen molar-refractivity contribution < 1.29 is 9.59 Å². The highest BCUT2D eigenvalue weighted by atomic mass is 32.2. The Labute approximate surface area is 98.6 Å². The van der Waals surface area contributed by atoms with Crippen LogP contribution in [0.4, 0.5) is 0 Å². The van der Waals surface area contributed by atoms with E-state index in [4.69, 9.17) is 0 Å². The van der Waals surface area contributed by atoms with Crippen LogP contribution in [0.5, 0.6) is 0 Å². The molecule has 0 bridgehead atoms. The molecule has 1 aromatic rings. The first kappa shape index (κ1) is 11.4. The van der Waals surface area contributed by atoms with Crippen molar-refractivity contribution in [2.75, 3.05) is 5.75 Å². The van der Waals surface area contributed by atoms with Crippen LogP contribution in [0.2, 0.25) is 0 Å². The van der Waals surface area contributed by atoms with Crippen molar-refractivity contribution in [1.82, 2.24) is 5.32 Å². The van der Waals surface area contributed by atoms with Crippen LogP contribution < -0.4 is 5.32 Å². The van der Waals surface area contributed by atoms with E-state index in [1.54, 1.807) is 11.8 Å². The summed E-state index contributed by atoms with van der Waals surface area (Å²) < 4.78 is 0. The van der Waals surface area contributed by atoms with Crippen molar-refractivity contribution >= 4 is 23.8 Å². The van der Waals surface area contributed by atoms with Gasteiger partial charge < -0.3 is 0 Å². The van der Waals surface area contributed by atoms with E-state index in [0.29, 0.717) is 12.0 Å². The molecule has 0 saturated carbocycles. The summed E-state index contributed by atoms with van der Waals surface area (Å²) >= 11 is 1.70. The van der Waals surface area contributed by atoms with Gasteiger partial charge in [0, 0.05) is 5.75 Å². The second-order valence-electron chi connectivity index (χ2n) is 3.75. The molecule has 1 fully saturated rings. The van der Waals surface area contributed by atoms with E-state index in [1.165, 1.54) is 5.56 Å². The first-order valence-electron chi connectivity index (χ1n) is 5.20. The standard InChI is InChI=1S/C12H13NO2S/c14-7-11(15)10-8-16-12(13-10)6-9-4-2-1-3-5-9/h1-5,7,10,12-13H,6,8H2. The molecular formula is C12H13NO2S. The summed E-state index contributed by atoms with van der Waals surface area (Å²) in [6.07, 6.45) is 1.29. The van der Waals surface area contributed by atoms with Crippen molar-refractivity contribution in [1.29, 1.82) is 0 Å². The molecule has 1 aliphatic rings. The molecule has 1 N–H and O–H groups in total. The van der Waals surface area contributed by atoms with E-state index in [9.17, 15) is 9.59 Å². The molecule has 1 aromatic carbocycles. The molecule has 0 aromatic heterocycles. The van der Waals surface area contributed by atoms with Gasteiger partial charge in [0.15, 0.2) is 6.29 Å². The van der Waals surface area contributed by atoms with Crippen molar-refractivity contribution in [3.63, 3.8) is 0 Å². The zero-order valence-corrected chi connectivity index (χ0v) is 9.57. The van der Waals surface area contributed by atoms with Gasteiger partial charge in [0.05, 0.1) is 11.4 Å². The number of carbonyl (C=O) groups is 2. The third kappa shape index (κ3) is 2.71. The monoisotopic (exact) mass is 235 g/mol. The van der Waals surface area contributed by atoms with Crippen molar-refractivity contribution in [3.8, 4) is 0 Å². The zero-order valence-electron chi connectivity index (χ0n) is 8.76. The van der Waals surface area contributed by atoms with Gasteiger partial charge in [-0.3, -0.25) is 14.9 Å². The molecule has 1 heterocycles. The molecule has 84 valence electrons. The number of ketones is 1. The summed E-state index contributed by atoms with van der Waals surface area (Å²) in [6.45, 7) is 0. The van der Waals surface area contributed by atoms with Gasteiger partial charge in [-0.25, -0.2) is 0 Å². The van der Waals surface area contributed by atoms with Gasteiger partial charge in [0.1, 0.15) is 0 Å². The Balaban J connectivity index is 1.90. The molecule has 0 radical (unpaired) electrons. The van der Waals surface area contributed by atoms with E-state index >= 15 is 0 Å². The molecule has 2 atom stereocenters. The van der Waals surface area contributed by atoms with Crippen LogP contribution in [0, 0.1) is 0 Å². The Morgan fingerprint density at radius 1 is 1.44 bits per heavy atom. The maximum absolute atomic E-state index is 11.2. The average Bonchev–Trinajstić information content (AvgIpc) is 2.78. The predicted octanol–water partition coefficient (Wildman–Crippen LogP) is 1.03. The molecule has 2 unspecified atom stereocenters. The van der Waals surface area contributed by atoms with Crippen molar-refractivity contribution in [3.05, 3.63) is 35.9 Å². The fourth-order valence-electron chi connectivity index (χ4n) is 1.73. The number of hydrogen-bond donors (Lipinski definition) is 1. The summed E-state index contributed by atoms with van der Waals surface area (Å²) in [4.78, 5) is 21.5. The van der Waals surface area contributed by atoms with Crippen LogP contribution in [0.15, 0.2) is 30.3 Å². The first-order chi connectivity index (χ1) is 7.79. The van der Waals surface area contributed by atoms with E-state index in [0.717, 1.165) is 6.42 Å². The molecule has 2 rings (SSSR count). The number of Topliss-reactive ketones (excluding diaryl/α,β-unsaturated/α-hetero) is 1. The van der Waals surface area contributed by atoms with E-state index in [2.05, 4.69) is 17.4 Å². The van der Waals surface area contributed by atoms with Crippen LogP contribution in [-0.4, -0.2) is 29.2 Å². The lowest BCUT2D eigenvalue weighted by Gasteiger charge is -2.10. The van der Waals surface area contributed by atoms with Gasteiger partial charge in [0.25, 0.3) is 0 Å². The summed E-state index contributed by atoms with van der Waals surface area (Å²) in [5, 5.41) is 3.40. The summed E-state index contributed by atoms with van der Waals surface area (Å²) in [7, 11) is 0. The smallest absolute Gasteiger partial charge is 0.212 e. The highest BCUT2D eigenvalue weighted by Gasteiger charge is 2.28. The molecule has 1 saturated heterocycles. The van der Waals surface area contributed by atoms with Gasteiger partial charge in [-0.1, -0.05) is 30.3 Å². The Hall–Kier alpha value is -1.13. The normalized spacial score (nSPS) is 24.2. The molecule has 1 aliphatic heterocycles. The molecule has 0 amide bonds. The number of nitrogens with one attached hydrogen (secondary N) is 1. The Morgan fingerprint density at radius 3 is 2.88 bits per heavy atom. The van der Waals surface area contributed by atoms with Gasteiger partial charge >= 0.3 is 0 Å². The van der Waals surface area contributed by atoms with Crippen LogP contribution >= 0.6 is 11.8 Å². The molecule has 4 heteroatoms. The Kier molecular flexibility index (Phi) is 3.74. The van der Waals surface area contributed by atoms with Gasteiger partial charge in [-0.05, 0) is 12.0 Å². The van der Waals surface area contributed by atoms with Crippen LogP contribution in [-0.2, 0) is 16.0 Å². The first-order valence-corrected chi connectivity index (χ1v) is 6.25. The quantitative estimate of drug-likeness (QED) is 0.625. The second-order valence-corrected chi connectivity index (χ2v) is 4.99. The lowest BCUT2D eigenvalue weighted by atomic mass is 10.1. The fraction of sp³-hybridized carbons (Fsp3) is 0.333. The molecule has 0 aliphatic carbocycles. The third-order valence-electron chi connectivity index (χ3n) is 2.57. The summed E-state index contributed by atoms with van der Waals surface area (Å²) in [6, 6.07) is 9.83. The Bertz CT molecular complexity index is 380. The number of carbonyl (C=O) groups excluding carboxylic acids is 2. The second kappa shape index (κ2) is 5.27. The minimum atomic E-state index is -0.344. The van der Waals surface area contributed by atoms with Gasteiger partial charge in [-0.2, -0.15) is 0 Å². The lowest BCUT2D eigenvalue weighted by molar-refractivity contribution is -0.130. The lowest BCUT2D eigenvalue weighted by Crippen LogP contribution is -2.38. The summed E-state index contributed by atoms with van der Waals surface area (Å²) in [5.74, 6) is 0.345. The maximum atomic E-state index is 11.2. The van der Waals surface area contributed by atoms with E-state index in [1.807, 2.05) is 18.2 Å². The SMILES string of the molecule is O=CC(=O)C1CSC(Cc2ccccc2)N1. The molecule has 16 heavy (non-hydrogen) atoms. The average molecular weight is 235 g/mol. The van der Waals surface area contributed by atoms with E-state index < -0.39 is 0 Å². The minimum Gasteiger partial charge on any atom is -0.295 e. The largest absolute Gasteiger partial charge is 0.295 e. The molecule has 0 spiro atoms. The van der Waals surface area contributed by atoms with Crippen LogP contribution in [0.1, 0.15) is 5.56 Å². The number of hydrogen-bond acceptors (Lipinski definition) is 4. The Morgan fingerprint density at radius 2 is 2.19 bits per heavy atom. The zero-order chi connectivity index (χ0) is 11.4. The highest BCUT2D eigenvalue weighted by Crippen LogP contribution is 2.22. The topological polar surface area (TPSA) is 46.2 Å². The highest BCUT2D eigenvalue weighted by molar-refractivity contribution is 8.00. The van der Waals surface area contributed by atoms with Crippen LogP contribution in [0.25, 0.3) is 0 Å². The van der Waals surface area contributed by atoms with Crippen molar-refractivity contribution in [2.24, 2.45) is 0 Å². The van der Waals surface area contributed by atoms with Crippen molar-refractivity contribution in [2.45, 2.75) is 17.8 Å². The molecule has 3 nitrogen and oxygen atoms in total. The number of aldehydes is 1. The number of rotatable bonds is 4. The number of benzene rings is 1. The van der Waals surface area contributed by atoms with E-state index in [-0.39, 0.29) is 17.2 Å². The summed E-state index contributed by atoms with van der Waals surface area (Å²) in [5.41, 5.74) is 1.24. The van der Waals surface area contributed by atoms with Gasteiger partial charge in [0.2, 0.25) is 5.78 Å². The fourth-order valence-corrected chi connectivity index (χ4v) is 2.98. The molecular weight excluding hydrogens is 222 g/mol. The third-order valence-corrected chi connectivity index (χ3v) is 3.81. The number of thioether (sulfide) groups is 1.